The van der Waals surface area contributed by atoms with Crippen LogP contribution in [0.3, 0.4) is 0 Å². The van der Waals surface area contributed by atoms with Crippen molar-refractivity contribution in [3.63, 3.8) is 0 Å². The van der Waals surface area contributed by atoms with E-state index in [9.17, 15) is 19.5 Å². The molecule has 1 heterocycles. The third kappa shape index (κ3) is 5.04. The number of phenolic OH excluding ortho intramolecular Hbond substituents is 1. The minimum absolute atomic E-state index is 0.112. The maximum absolute atomic E-state index is 12.5. The number of esters is 1. The maximum atomic E-state index is 12.5. The second-order valence-corrected chi connectivity index (χ2v) is 8.13. The molecule has 1 atom stereocenters. The highest BCUT2D eigenvalue weighted by atomic mass is 32.1. The molecule has 1 aromatic carbocycles. The Hall–Kier alpha value is -3.20. The summed E-state index contributed by atoms with van der Waals surface area (Å²) >= 11 is 1.31. The lowest BCUT2D eigenvalue weighted by molar-refractivity contribution is -0.136. The van der Waals surface area contributed by atoms with Crippen molar-refractivity contribution in [2.45, 2.75) is 33.1 Å². The molecule has 8 nitrogen and oxygen atoms in total. The Morgan fingerprint density at radius 3 is 2.70 bits per heavy atom. The van der Waals surface area contributed by atoms with Crippen molar-refractivity contribution in [1.29, 1.82) is 0 Å². The number of benzene rings is 1. The molecule has 30 heavy (non-hydrogen) atoms. The normalized spacial score (nSPS) is 15.5. The summed E-state index contributed by atoms with van der Waals surface area (Å²) in [7, 11) is 0. The number of anilines is 1. The summed E-state index contributed by atoms with van der Waals surface area (Å²) in [6, 6.07) is 6.17. The lowest BCUT2D eigenvalue weighted by Crippen LogP contribution is -2.32. The number of carbonyl (C=O) groups excluding carboxylic acids is 3. The van der Waals surface area contributed by atoms with E-state index in [1.165, 1.54) is 29.7 Å². The number of hydrazone groups is 1. The third-order valence-corrected chi connectivity index (χ3v) is 5.87. The van der Waals surface area contributed by atoms with Crippen LogP contribution in [0.2, 0.25) is 0 Å². The van der Waals surface area contributed by atoms with Crippen LogP contribution in [0.25, 0.3) is 0 Å². The maximum Gasteiger partial charge on any atom is 0.341 e. The molecule has 3 N–H and O–H groups in total. The molecule has 0 bridgehead atoms. The SMILES string of the molecule is CCOC(=O)c1c(NC(=O)C(=O)NN=Cc2ccc(O)cc2)sc2c1CCC(C)C2. The Morgan fingerprint density at radius 2 is 2.00 bits per heavy atom. The van der Waals surface area contributed by atoms with E-state index in [-0.39, 0.29) is 12.4 Å². The zero-order chi connectivity index (χ0) is 21.7. The van der Waals surface area contributed by atoms with E-state index in [1.807, 2.05) is 0 Å². The monoisotopic (exact) mass is 429 g/mol. The number of aromatic hydroxyl groups is 1. The predicted molar refractivity (Wildman–Crippen MR) is 114 cm³/mol. The van der Waals surface area contributed by atoms with E-state index in [4.69, 9.17) is 4.74 Å². The van der Waals surface area contributed by atoms with E-state index in [2.05, 4.69) is 22.8 Å². The minimum Gasteiger partial charge on any atom is -0.508 e. The second-order valence-electron chi connectivity index (χ2n) is 7.02. The smallest absolute Gasteiger partial charge is 0.341 e. The summed E-state index contributed by atoms with van der Waals surface area (Å²) in [4.78, 5) is 38.0. The first-order valence-corrected chi connectivity index (χ1v) is 10.5. The fourth-order valence-electron chi connectivity index (χ4n) is 3.19. The summed E-state index contributed by atoms with van der Waals surface area (Å²) in [6.45, 7) is 4.08. The fraction of sp³-hybridized carbons (Fsp3) is 0.333. The average molecular weight is 429 g/mol. The molecule has 2 aromatic rings. The third-order valence-electron chi connectivity index (χ3n) is 4.70. The zero-order valence-corrected chi connectivity index (χ0v) is 17.5. The molecule has 1 aliphatic carbocycles. The van der Waals surface area contributed by atoms with E-state index in [0.717, 1.165) is 29.7 Å². The van der Waals surface area contributed by atoms with Crippen LogP contribution in [0.1, 0.15) is 46.6 Å². The van der Waals surface area contributed by atoms with Crippen molar-refractivity contribution in [2.24, 2.45) is 11.0 Å². The van der Waals surface area contributed by atoms with Gasteiger partial charge in [-0.15, -0.1) is 11.3 Å². The van der Waals surface area contributed by atoms with E-state index in [0.29, 0.717) is 22.0 Å². The topological polar surface area (TPSA) is 117 Å². The van der Waals surface area contributed by atoms with Crippen LogP contribution in [-0.2, 0) is 27.2 Å². The molecule has 0 saturated carbocycles. The lowest BCUT2D eigenvalue weighted by Gasteiger charge is -2.18. The van der Waals surface area contributed by atoms with Gasteiger partial charge in [-0.2, -0.15) is 5.10 Å². The number of nitrogens with zero attached hydrogens (tertiary/aromatic N) is 1. The Morgan fingerprint density at radius 1 is 1.27 bits per heavy atom. The van der Waals surface area contributed by atoms with Crippen LogP contribution in [0.5, 0.6) is 5.75 Å². The Labute approximate surface area is 177 Å². The van der Waals surface area contributed by atoms with Gasteiger partial charge < -0.3 is 15.2 Å². The molecule has 158 valence electrons. The van der Waals surface area contributed by atoms with Crippen LogP contribution in [0.4, 0.5) is 5.00 Å². The summed E-state index contributed by atoms with van der Waals surface area (Å²) in [5.74, 6) is -1.77. The van der Waals surface area contributed by atoms with Crippen molar-refractivity contribution in [3.05, 3.63) is 45.8 Å². The fourth-order valence-corrected chi connectivity index (χ4v) is 4.59. The Kier molecular flexibility index (Phi) is 6.83. The summed E-state index contributed by atoms with van der Waals surface area (Å²) in [6.07, 6.45) is 3.86. The average Bonchev–Trinajstić information content (AvgIpc) is 3.06. The highest BCUT2D eigenvalue weighted by Gasteiger charge is 2.30. The van der Waals surface area contributed by atoms with Gasteiger partial charge in [0, 0.05) is 4.88 Å². The Bertz CT molecular complexity index is 981. The van der Waals surface area contributed by atoms with Gasteiger partial charge in [0.1, 0.15) is 10.8 Å². The quantitative estimate of drug-likeness (QED) is 0.292. The number of amides is 2. The van der Waals surface area contributed by atoms with Gasteiger partial charge >= 0.3 is 17.8 Å². The van der Waals surface area contributed by atoms with Gasteiger partial charge in [-0.1, -0.05) is 6.92 Å². The molecular weight excluding hydrogens is 406 g/mol. The number of hydrogen-bond acceptors (Lipinski definition) is 7. The Balaban J connectivity index is 1.71. The zero-order valence-electron chi connectivity index (χ0n) is 16.7. The number of fused-ring (bicyclic) bond motifs is 1. The summed E-state index contributed by atoms with van der Waals surface area (Å²) < 4.78 is 5.16. The molecule has 0 fully saturated rings. The molecule has 0 spiro atoms. The van der Waals surface area contributed by atoms with Crippen molar-refractivity contribution in [2.75, 3.05) is 11.9 Å². The number of ether oxygens (including phenoxy) is 1. The van der Waals surface area contributed by atoms with Gasteiger partial charge in [0.25, 0.3) is 0 Å². The molecule has 3 rings (SSSR count). The van der Waals surface area contributed by atoms with E-state index >= 15 is 0 Å². The first-order valence-electron chi connectivity index (χ1n) is 9.64. The molecule has 1 aromatic heterocycles. The molecule has 1 unspecified atom stereocenters. The van der Waals surface area contributed by atoms with Crippen LogP contribution < -0.4 is 10.7 Å². The highest BCUT2D eigenvalue weighted by molar-refractivity contribution is 7.17. The number of rotatable bonds is 5. The van der Waals surface area contributed by atoms with Crippen molar-refractivity contribution in [3.8, 4) is 5.75 Å². The lowest BCUT2D eigenvalue weighted by atomic mass is 9.88. The first-order chi connectivity index (χ1) is 14.4. The molecule has 2 amide bonds. The van der Waals surface area contributed by atoms with Gasteiger partial charge in [0.05, 0.1) is 18.4 Å². The van der Waals surface area contributed by atoms with E-state index < -0.39 is 17.8 Å². The molecule has 1 aliphatic rings. The van der Waals surface area contributed by atoms with Crippen LogP contribution >= 0.6 is 11.3 Å². The second kappa shape index (κ2) is 9.53. The standard InChI is InChI=1S/C21H23N3O5S/c1-3-29-21(28)17-15-9-4-12(2)10-16(15)30-20(17)23-18(26)19(27)24-22-11-13-5-7-14(25)8-6-13/h5-8,11-12,25H,3-4,9-10H2,1-2H3,(H,23,26)(H,24,27). The van der Waals surface area contributed by atoms with Gasteiger partial charge in [-0.25, -0.2) is 10.2 Å². The van der Waals surface area contributed by atoms with Crippen LogP contribution in [0, 0.1) is 5.92 Å². The van der Waals surface area contributed by atoms with Gasteiger partial charge in [-0.05, 0) is 67.5 Å². The predicted octanol–water partition coefficient (Wildman–Crippen LogP) is 2.84. The molecule has 9 heteroatoms. The van der Waals surface area contributed by atoms with Crippen molar-refractivity contribution < 1.29 is 24.2 Å². The van der Waals surface area contributed by atoms with Crippen molar-refractivity contribution in [1.82, 2.24) is 5.43 Å². The minimum atomic E-state index is -0.959. The number of phenols is 1. The first kappa shape index (κ1) is 21.5. The van der Waals surface area contributed by atoms with Crippen LogP contribution in [-0.4, -0.2) is 35.7 Å². The van der Waals surface area contributed by atoms with Crippen molar-refractivity contribution >= 4 is 40.3 Å². The van der Waals surface area contributed by atoms with E-state index in [1.54, 1.807) is 19.1 Å². The number of hydrogen-bond donors (Lipinski definition) is 3. The van der Waals surface area contributed by atoms with Gasteiger partial charge in [0.2, 0.25) is 0 Å². The molecular formula is C21H23N3O5S. The van der Waals surface area contributed by atoms with Gasteiger partial charge in [0.15, 0.2) is 0 Å². The molecule has 0 radical (unpaired) electrons. The number of nitrogens with one attached hydrogen (secondary N) is 2. The number of thiophene rings is 1. The largest absolute Gasteiger partial charge is 0.508 e. The highest BCUT2D eigenvalue weighted by Crippen LogP contribution is 2.40. The van der Waals surface area contributed by atoms with Crippen LogP contribution in [0.15, 0.2) is 29.4 Å². The number of carbonyl (C=O) groups is 3. The molecule has 0 aliphatic heterocycles. The summed E-state index contributed by atoms with van der Waals surface area (Å²) in [5.41, 5.74) is 4.04. The molecule has 0 saturated heterocycles. The summed E-state index contributed by atoms with van der Waals surface area (Å²) in [5, 5.41) is 15.9. The van der Waals surface area contributed by atoms with Gasteiger partial charge in [-0.3, -0.25) is 9.59 Å².